The SMILES string of the molecule is O=C(C1CCSCC1)N1CC2(CC(Oc3ccccn3)CCO2)C1.O=C(O)C(F)(F)F. The van der Waals surface area contributed by atoms with E-state index in [1.165, 1.54) is 0 Å². The van der Waals surface area contributed by atoms with Crippen LogP contribution in [0.3, 0.4) is 0 Å². The van der Waals surface area contributed by atoms with Gasteiger partial charge in [0.15, 0.2) is 0 Å². The molecule has 3 saturated heterocycles. The summed E-state index contributed by atoms with van der Waals surface area (Å²) >= 11 is 1.96. The number of carbonyl (C=O) groups excluding carboxylic acids is 1. The summed E-state index contributed by atoms with van der Waals surface area (Å²) < 4.78 is 43.8. The summed E-state index contributed by atoms with van der Waals surface area (Å²) in [6.07, 6.45) is 0.562. The van der Waals surface area contributed by atoms with Gasteiger partial charge in [-0.25, -0.2) is 9.78 Å². The summed E-state index contributed by atoms with van der Waals surface area (Å²) in [7, 11) is 0. The van der Waals surface area contributed by atoms with Crippen molar-refractivity contribution < 1.29 is 37.3 Å². The first-order valence-electron chi connectivity index (χ1n) is 10.1. The number of pyridine rings is 1. The maximum absolute atomic E-state index is 12.6. The second kappa shape index (κ2) is 10.1. The van der Waals surface area contributed by atoms with E-state index in [0.29, 0.717) is 18.4 Å². The second-order valence-electron chi connectivity index (χ2n) is 7.82. The van der Waals surface area contributed by atoms with Crippen LogP contribution in [0.4, 0.5) is 13.2 Å². The largest absolute Gasteiger partial charge is 0.490 e. The zero-order valence-corrected chi connectivity index (χ0v) is 17.7. The standard InChI is InChI=1S/C18H24N2O3S.C2HF3O2/c21-17(14-5-9-24-10-6-14)20-12-18(13-20)11-15(4-8-22-18)23-16-3-1-2-7-19-16;3-2(4,5)1(6)7/h1-3,7,14-15H,4-6,8-13H2;(H,6,7). The molecule has 0 bridgehead atoms. The van der Waals surface area contributed by atoms with Crippen molar-refractivity contribution in [2.24, 2.45) is 5.92 Å². The normalized spacial score (nSPS) is 23.3. The number of aliphatic carboxylic acids is 1. The number of halogens is 3. The summed E-state index contributed by atoms with van der Waals surface area (Å²) in [4.78, 5) is 27.7. The Morgan fingerprint density at radius 1 is 1.23 bits per heavy atom. The number of amides is 1. The number of rotatable bonds is 3. The van der Waals surface area contributed by atoms with E-state index < -0.39 is 12.1 Å². The van der Waals surface area contributed by atoms with Crippen molar-refractivity contribution in [3.8, 4) is 5.88 Å². The Hall–Kier alpha value is -2.01. The Morgan fingerprint density at radius 2 is 1.90 bits per heavy atom. The summed E-state index contributed by atoms with van der Waals surface area (Å²) in [5.74, 6) is 0.710. The minimum absolute atomic E-state index is 0.122. The van der Waals surface area contributed by atoms with Crippen LogP contribution < -0.4 is 4.74 Å². The number of carboxylic acid groups (broad SMARTS) is 1. The molecule has 7 nitrogen and oxygen atoms in total. The van der Waals surface area contributed by atoms with Gasteiger partial charge in [0.05, 0.1) is 19.7 Å². The fraction of sp³-hybridized carbons (Fsp3) is 0.650. The van der Waals surface area contributed by atoms with Gasteiger partial charge in [-0.15, -0.1) is 0 Å². The third-order valence-corrected chi connectivity index (χ3v) is 6.50. The number of carbonyl (C=O) groups is 2. The van der Waals surface area contributed by atoms with Crippen molar-refractivity contribution in [2.75, 3.05) is 31.2 Å². The molecule has 1 atom stereocenters. The number of hydrogen-bond acceptors (Lipinski definition) is 6. The highest BCUT2D eigenvalue weighted by molar-refractivity contribution is 7.99. The molecule has 3 fully saturated rings. The van der Waals surface area contributed by atoms with E-state index in [1.54, 1.807) is 6.20 Å². The molecule has 1 aromatic rings. The van der Waals surface area contributed by atoms with E-state index in [9.17, 15) is 18.0 Å². The van der Waals surface area contributed by atoms with E-state index >= 15 is 0 Å². The van der Waals surface area contributed by atoms with Crippen LogP contribution in [0.25, 0.3) is 0 Å². The number of aromatic nitrogens is 1. The quantitative estimate of drug-likeness (QED) is 0.739. The van der Waals surface area contributed by atoms with Gasteiger partial charge in [-0.2, -0.15) is 24.9 Å². The summed E-state index contributed by atoms with van der Waals surface area (Å²) in [6, 6.07) is 5.71. The van der Waals surface area contributed by atoms with Crippen molar-refractivity contribution in [3.63, 3.8) is 0 Å². The van der Waals surface area contributed by atoms with Crippen molar-refractivity contribution in [1.29, 1.82) is 0 Å². The van der Waals surface area contributed by atoms with E-state index in [4.69, 9.17) is 19.4 Å². The maximum atomic E-state index is 12.6. The monoisotopic (exact) mass is 462 g/mol. The van der Waals surface area contributed by atoms with E-state index in [2.05, 4.69) is 4.98 Å². The minimum Gasteiger partial charge on any atom is -0.475 e. The third kappa shape index (κ3) is 6.49. The molecule has 1 unspecified atom stereocenters. The number of nitrogens with zero attached hydrogens (tertiary/aromatic N) is 2. The van der Waals surface area contributed by atoms with Crippen LogP contribution in [0.2, 0.25) is 0 Å². The predicted molar refractivity (Wildman–Crippen MR) is 107 cm³/mol. The molecule has 0 radical (unpaired) electrons. The molecule has 1 amide bonds. The zero-order valence-electron chi connectivity index (χ0n) is 16.8. The first kappa shape index (κ1) is 23.6. The smallest absolute Gasteiger partial charge is 0.475 e. The molecule has 0 saturated carbocycles. The lowest BCUT2D eigenvalue weighted by Gasteiger charge is -2.53. The first-order valence-corrected chi connectivity index (χ1v) is 11.2. The van der Waals surface area contributed by atoms with Gasteiger partial charge in [0.2, 0.25) is 11.8 Å². The molecule has 3 aliphatic rings. The number of hydrogen-bond donors (Lipinski definition) is 1. The van der Waals surface area contributed by atoms with Gasteiger partial charge >= 0.3 is 12.1 Å². The lowest BCUT2D eigenvalue weighted by Crippen LogP contribution is -2.68. The highest BCUT2D eigenvalue weighted by atomic mass is 32.2. The number of carboxylic acids is 1. The molecule has 172 valence electrons. The third-order valence-electron chi connectivity index (χ3n) is 5.46. The summed E-state index contributed by atoms with van der Waals surface area (Å²) in [6.45, 7) is 2.13. The van der Waals surface area contributed by atoms with Crippen molar-refractivity contribution in [1.82, 2.24) is 9.88 Å². The van der Waals surface area contributed by atoms with Gasteiger partial charge in [-0.05, 0) is 30.4 Å². The Labute approximate surface area is 182 Å². The first-order chi connectivity index (χ1) is 14.7. The van der Waals surface area contributed by atoms with E-state index in [0.717, 1.165) is 50.3 Å². The van der Waals surface area contributed by atoms with Crippen molar-refractivity contribution in [3.05, 3.63) is 24.4 Å². The predicted octanol–water partition coefficient (Wildman–Crippen LogP) is 3.00. The van der Waals surface area contributed by atoms with Crippen LogP contribution in [0, 0.1) is 5.92 Å². The number of alkyl halides is 3. The molecule has 0 aromatic carbocycles. The molecule has 31 heavy (non-hydrogen) atoms. The van der Waals surface area contributed by atoms with Crippen LogP contribution in [0.15, 0.2) is 24.4 Å². The van der Waals surface area contributed by atoms with Crippen LogP contribution in [0.5, 0.6) is 5.88 Å². The zero-order chi connectivity index (χ0) is 22.5. The van der Waals surface area contributed by atoms with Gasteiger partial charge in [0, 0.05) is 31.0 Å². The number of ether oxygens (including phenoxy) is 2. The Balaban J connectivity index is 0.000000339. The fourth-order valence-electron chi connectivity index (χ4n) is 3.90. The van der Waals surface area contributed by atoms with Gasteiger partial charge in [-0.1, -0.05) is 6.07 Å². The highest BCUT2D eigenvalue weighted by Gasteiger charge is 2.50. The van der Waals surface area contributed by atoms with Crippen LogP contribution in [-0.4, -0.2) is 76.0 Å². The van der Waals surface area contributed by atoms with Crippen LogP contribution in [0.1, 0.15) is 25.7 Å². The highest BCUT2D eigenvalue weighted by Crippen LogP contribution is 2.37. The molecule has 1 spiro atoms. The average molecular weight is 462 g/mol. The molecular weight excluding hydrogens is 437 g/mol. The lowest BCUT2D eigenvalue weighted by molar-refractivity contribution is -0.195. The number of thioether (sulfide) groups is 1. The average Bonchev–Trinajstić information content (AvgIpc) is 2.73. The molecule has 0 aliphatic carbocycles. The Bertz CT molecular complexity index is 753. The lowest BCUT2D eigenvalue weighted by atomic mass is 9.83. The Morgan fingerprint density at radius 3 is 2.48 bits per heavy atom. The van der Waals surface area contributed by atoms with Gasteiger partial charge in [0.25, 0.3) is 0 Å². The molecule has 1 N–H and O–H groups in total. The van der Waals surface area contributed by atoms with Crippen LogP contribution in [-0.2, 0) is 14.3 Å². The Kier molecular flexibility index (Phi) is 7.68. The van der Waals surface area contributed by atoms with E-state index in [1.807, 2.05) is 34.9 Å². The summed E-state index contributed by atoms with van der Waals surface area (Å²) in [5, 5.41) is 7.12. The van der Waals surface area contributed by atoms with Crippen LogP contribution >= 0.6 is 11.8 Å². The topological polar surface area (TPSA) is 89.0 Å². The molecule has 3 aliphatic heterocycles. The maximum Gasteiger partial charge on any atom is 0.490 e. The molecule has 4 rings (SSSR count). The molecule has 11 heteroatoms. The molecular formula is C20H25F3N2O5S. The van der Waals surface area contributed by atoms with Gasteiger partial charge in [-0.3, -0.25) is 4.79 Å². The van der Waals surface area contributed by atoms with Crippen molar-refractivity contribution >= 4 is 23.6 Å². The fourth-order valence-corrected chi connectivity index (χ4v) is 5.01. The molecule has 1 aromatic heterocycles. The van der Waals surface area contributed by atoms with Crippen molar-refractivity contribution in [2.45, 2.75) is 43.6 Å². The van der Waals surface area contributed by atoms with E-state index in [-0.39, 0.29) is 17.6 Å². The second-order valence-corrected chi connectivity index (χ2v) is 9.04. The molecule has 4 heterocycles. The number of likely N-dealkylation sites (tertiary alicyclic amines) is 1. The minimum atomic E-state index is -5.08. The van der Waals surface area contributed by atoms with Gasteiger partial charge < -0.3 is 19.5 Å². The van der Waals surface area contributed by atoms with Gasteiger partial charge in [0.1, 0.15) is 11.7 Å². The summed E-state index contributed by atoms with van der Waals surface area (Å²) in [5.41, 5.74) is -0.198.